The molecule has 31 heavy (non-hydrogen) atoms. The lowest BCUT2D eigenvalue weighted by molar-refractivity contribution is -0.122. The van der Waals surface area contributed by atoms with Crippen LogP contribution in [0.5, 0.6) is 5.75 Å². The molecule has 0 fully saturated rings. The molecule has 3 rings (SSSR count). The third kappa shape index (κ3) is 5.57. The average molecular weight is 457 g/mol. The second-order valence-corrected chi connectivity index (χ2v) is 7.87. The predicted molar refractivity (Wildman–Crippen MR) is 125 cm³/mol. The summed E-state index contributed by atoms with van der Waals surface area (Å²) in [6, 6.07) is 17.2. The first-order valence-electron chi connectivity index (χ1n) is 9.65. The lowest BCUT2D eigenvalue weighted by Crippen LogP contribution is -2.30. The van der Waals surface area contributed by atoms with E-state index in [-0.39, 0.29) is 11.8 Å². The highest BCUT2D eigenvalue weighted by Crippen LogP contribution is 2.25. The highest BCUT2D eigenvalue weighted by molar-refractivity contribution is 6.32. The number of hydrogen-bond acceptors (Lipinski definition) is 3. The Labute approximate surface area is 191 Å². The topological polar surface area (TPSA) is 67.4 Å². The van der Waals surface area contributed by atoms with E-state index in [2.05, 4.69) is 10.6 Å². The largest absolute Gasteiger partial charge is 0.481 e. The molecule has 2 amide bonds. The van der Waals surface area contributed by atoms with E-state index in [1.807, 2.05) is 13.8 Å². The molecule has 0 aromatic heterocycles. The lowest BCUT2D eigenvalue weighted by atomic mass is 10.1. The summed E-state index contributed by atoms with van der Waals surface area (Å²) >= 11 is 12.2. The Morgan fingerprint density at radius 1 is 0.806 bits per heavy atom. The molecule has 0 heterocycles. The van der Waals surface area contributed by atoms with Crippen LogP contribution in [-0.4, -0.2) is 17.9 Å². The zero-order valence-electron chi connectivity index (χ0n) is 17.3. The van der Waals surface area contributed by atoms with Gasteiger partial charge in [0.2, 0.25) is 0 Å². The Morgan fingerprint density at radius 3 is 1.87 bits per heavy atom. The lowest BCUT2D eigenvalue weighted by Gasteiger charge is -2.16. The van der Waals surface area contributed by atoms with Crippen LogP contribution in [0.3, 0.4) is 0 Å². The summed E-state index contributed by atoms with van der Waals surface area (Å²) in [5, 5.41) is 6.82. The summed E-state index contributed by atoms with van der Waals surface area (Å²) in [7, 11) is 0. The summed E-state index contributed by atoms with van der Waals surface area (Å²) in [4.78, 5) is 25.0. The average Bonchev–Trinajstić information content (AvgIpc) is 2.75. The van der Waals surface area contributed by atoms with Crippen molar-refractivity contribution >= 4 is 46.4 Å². The van der Waals surface area contributed by atoms with E-state index in [1.165, 1.54) is 0 Å². The van der Waals surface area contributed by atoms with E-state index in [1.54, 1.807) is 67.6 Å². The monoisotopic (exact) mass is 456 g/mol. The zero-order valence-corrected chi connectivity index (χ0v) is 18.8. The first-order chi connectivity index (χ1) is 14.8. The first-order valence-corrected chi connectivity index (χ1v) is 10.4. The molecule has 0 aliphatic rings. The van der Waals surface area contributed by atoms with Gasteiger partial charge < -0.3 is 15.4 Å². The Bertz CT molecular complexity index is 1110. The fraction of sp³-hybridized carbons (Fsp3) is 0.167. The number of benzene rings is 3. The van der Waals surface area contributed by atoms with E-state index in [0.29, 0.717) is 32.7 Å². The number of halogens is 2. The van der Waals surface area contributed by atoms with Gasteiger partial charge in [0.25, 0.3) is 11.8 Å². The molecule has 0 saturated heterocycles. The molecule has 2 N–H and O–H groups in total. The molecule has 3 aromatic carbocycles. The Balaban J connectivity index is 1.61. The van der Waals surface area contributed by atoms with Gasteiger partial charge in [0.1, 0.15) is 5.75 Å². The van der Waals surface area contributed by atoms with Crippen molar-refractivity contribution in [1.29, 1.82) is 0 Å². The van der Waals surface area contributed by atoms with Crippen LogP contribution in [0, 0.1) is 13.8 Å². The van der Waals surface area contributed by atoms with Gasteiger partial charge in [0.05, 0.1) is 0 Å². The SMILES string of the molecule is Cc1c(Cl)cccc1NC(=O)c1ccc(OC(C)C(=O)Nc2cccc(Cl)c2C)cc1. The fourth-order valence-corrected chi connectivity index (χ4v) is 3.21. The molecule has 0 radical (unpaired) electrons. The summed E-state index contributed by atoms with van der Waals surface area (Å²) in [6.07, 6.45) is -0.743. The van der Waals surface area contributed by atoms with Crippen LogP contribution >= 0.6 is 23.2 Å². The molecule has 0 spiro atoms. The van der Waals surface area contributed by atoms with Crippen molar-refractivity contribution in [3.05, 3.63) is 87.4 Å². The van der Waals surface area contributed by atoms with Gasteiger partial charge in [-0.1, -0.05) is 35.3 Å². The number of hydrogen-bond donors (Lipinski definition) is 2. The van der Waals surface area contributed by atoms with Crippen molar-refractivity contribution in [3.63, 3.8) is 0 Å². The van der Waals surface area contributed by atoms with Crippen LogP contribution in [0.1, 0.15) is 28.4 Å². The van der Waals surface area contributed by atoms with Crippen molar-refractivity contribution in [3.8, 4) is 5.75 Å². The fourth-order valence-electron chi connectivity index (χ4n) is 2.86. The van der Waals surface area contributed by atoms with Gasteiger partial charge in [-0.2, -0.15) is 0 Å². The minimum atomic E-state index is -0.743. The Hall–Kier alpha value is -3.02. The highest BCUT2D eigenvalue weighted by Gasteiger charge is 2.17. The molecule has 7 heteroatoms. The van der Waals surface area contributed by atoms with Crippen LogP contribution in [0.15, 0.2) is 60.7 Å². The van der Waals surface area contributed by atoms with Gasteiger partial charge in [-0.05, 0) is 80.4 Å². The van der Waals surface area contributed by atoms with Gasteiger partial charge >= 0.3 is 0 Å². The van der Waals surface area contributed by atoms with Crippen LogP contribution < -0.4 is 15.4 Å². The van der Waals surface area contributed by atoms with Gasteiger partial charge in [-0.3, -0.25) is 9.59 Å². The van der Waals surface area contributed by atoms with Crippen LogP contribution in [-0.2, 0) is 4.79 Å². The van der Waals surface area contributed by atoms with Crippen LogP contribution in [0.4, 0.5) is 11.4 Å². The summed E-state index contributed by atoms with van der Waals surface area (Å²) in [5.41, 5.74) is 3.33. The van der Waals surface area contributed by atoms with Crippen LogP contribution in [0.25, 0.3) is 0 Å². The third-order valence-corrected chi connectivity index (χ3v) is 5.66. The molecule has 5 nitrogen and oxygen atoms in total. The highest BCUT2D eigenvalue weighted by atomic mass is 35.5. The van der Waals surface area contributed by atoms with E-state index in [0.717, 1.165) is 11.1 Å². The maximum atomic E-state index is 12.5. The van der Waals surface area contributed by atoms with Gasteiger partial charge in [0, 0.05) is 27.0 Å². The molecular formula is C24H22Cl2N2O3. The van der Waals surface area contributed by atoms with E-state index < -0.39 is 6.10 Å². The standard InChI is InChI=1S/C24H22Cl2N2O3/c1-14-19(25)6-4-8-21(14)27-23(29)16(3)31-18-12-10-17(11-13-18)24(30)28-22-9-5-7-20(26)15(22)2/h4-13,16H,1-3H3,(H,27,29)(H,28,30). The molecule has 0 aliphatic carbocycles. The maximum absolute atomic E-state index is 12.5. The number of carbonyl (C=O) groups is 2. The second-order valence-electron chi connectivity index (χ2n) is 7.05. The molecular weight excluding hydrogens is 435 g/mol. The molecule has 1 unspecified atom stereocenters. The van der Waals surface area contributed by atoms with E-state index in [9.17, 15) is 9.59 Å². The Morgan fingerprint density at radius 2 is 1.32 bits per heavy atom. The normalized spacial score (nSPS) is 11.5. The van der Waals surface area contributed by atoms with Crippen molar-refractivity contribution in [2.24, 2.45) is 0 Å². The van der Waals surface area contributed by atoms with Crippen molar-refractivity contribution in [2.45, 2.75) is 26.9 Å². The number of amides is 2. The minimum Gasteiger partial charge on any atom is -0.481 e. The molecule has 0 aliphatic heterocycles. The number of carbonyl (C=O) groups excluding carboxylic acids is 2. The Kier molecular flexibility index (Phi) is 7.21. The molecule has 0 saturated carbocycles. The number of nitrogens with one attached hydrogen (secondary N) is 2. The zero-order chi connectivity index (χ0) is 22.5. The number of anilines is 2. The maximum Gasteiger partial charge on any atom is 0.265 e. The van der Waals surface area contributed by atoms with Gasteiger partial charge in [0.15, 0.2) is 6.10 Å². The molecule has 0 bridgehead atoms. The predicted octanol–water partition coefficient (Wildman–Crippen LogP) is 6.27. The summed E-state index contributed by atoms with van der Waals surface area (Å²) in [6.45, 7) is 5.32. The van der Waals surface area contributed by atoms with Crippen molar-refractivity contribution in [1.82, 2.24) is 0 Å². The quantitative estimate of drug-likeness (QED) is 0.459. The smallest absolute Gasteiger partial charge is 0.265 e. The summed E-state index contributed by atoms with van der Waals surface area (Å²) in [5.74, 6) is -0.0938. The molecule has 1 atom stereocenters. The van der Waals surface area contributed by atoms with Crippen molar-refractivity contribution < 1.29 is 14.3 Å². The van der Waals surface area contributed by atoms with E-state index in [4.69, 9.17) is 27.9 Å². The van der Waals surface area contributed by atoms with Gasteiger partial charge in [-0.15, -0.1) is 0 Å². The number of ether oxygens (including phenoxy) is 1. The first kappa shape index (κ1) is 22.7. The molecule has 3 aromatic rings. The summed E-state index contributed by atoms with van der Waals surface area (Å²) < 4.78 is 5.71. The molecule has 160 valence electrons. The van der Waals surface area contributed by atoms with Gasteiger partial charge in [-0.25, -0.2) is 0 Å². The van der Waals surface area contributed by atoms with E-state index >= 15 is 0 Å². The minimum absolute atomic E-state index is 0.265. The second kappa shape index (κ2) is 9.86. The van der Waals surface area contributed by atoms with Crippen molar-refractivity contribution in [2.75, 3.05) is 10.6 Å². The third-order valence-electron chi connectivity index (χ3n) is 4.84. The van der Waals surface area contributed by atoms with Crippen LogP contribution in [0.2, 0.25) is 10.0 Å². The number of rotatable bonds is 6.